The maximum Gasteiger partial charge on any atom is 0.290 e. The quantitative estimate of drug-likeness (QED) is 0.588. The fourth-order valence-corrected chi connectivity index (χ4v) is 2.99. The molecule has 4 N–H and O–H groups in total. The van der Waals surface area contributed by atoms with Crippen molar-refractivity contribution >= 4 is 11.7 Å². The summed E-state index contributed by atoms with van der Waals surface area (Å²) in [6, 6.07) is 7.21. The molecule has 1 aromatic carbocycles. The summed E-state index contributed by atoms with van der Waals surface area (Å²) >= 11 is 0. The number of ketones is 1. The zero-order valence-electron chi connectivity index (χ0n) is 14.2. The maximum absolute atomic E-state index is 12.4. The molecule has 0 radical (unpaired) electrons. The highest BCUT2D eigenvalue weighted by Gasteiger charge is 2.42. The molecule has 1 atom stereocenters. The number of aliphatic hydroxyl groups is 2. The Balaban J connectivity index is 2.31. The molecule has 1 aromatic rings. The van der Waals surface area contributed by atoms with Crippen molar-refractivity contribution in [1.29, 1.82) is 0 Å². The molecule has 1 amide bonds. The van der Waals surface area contributed by atoms with Crippen LogP contribution in [0.1, 0.15) is 31.0 Å². The van der Waals surface area contributed by atoms with Crippen LogP contribution in [0.15, 0.2) is 35.6 Å². The molecule has 1 heterocycles. The van der Waals surface area contributed by atoms with E-state index in [-0.39, 0.29) is 18.0 Å². The standard InChI is InChI=1S/C18H24N2O4/c1-3-13-4-6-14(7-5-13)16-15(12(2)22)17(23)18(24)20(16)10-8-19-9-11-21/h4-7,16,19,21,23H,3,8-11H2,1-2H3/p+1/t16-/m1/s1. The minimum Gasteiger partial charge on any atom is -0.503 e. The van der Waals surface area contributed by atoms with Crippen LogP contribution < -0.4 is 5.32 Å². The van der Waals surface area contributed by atoms with Crippen molar-refractivity contribution in [3.05, 3.63) is 46.7 Å². The van der Waals surface area contributed by atoms with Gasteiger partial charge >= 0.3 is 0 Å². The molecule has 0 saturated carbocycles. The summed E-state index contributed by atoms with van der Waals surface area (Å²) in [5, 5.41) is 20.9. The molecular weight excluding hydrogens is 308 g/mol. The Hall–Kier alpha value is -2.18. The molecule has 0 spiro atoms. The smallest absolute Gasteiger partial charge is 0.290 e. The summed E-state index contributed by atoms with van der Waals surface area (Å²) in [5.41, 5.74) is 2.15. The highest BCUT2D eigenvalue weighted by atomic mass is 16.3. The van der Waals surface area contributed by atoms with Gasteiger partial charge in [-0.05, 0) is 24.5 Å². The number of rotatable bonds is 8. The van der Waals surface area contributed by atoms with E-state index in [1.807, 2.05) is 29.6 Å². The molecule has 24 heavy (non-hydrogen) atoms. The van der Waals surface area contributed by atoms with Crippen molar-refractivity contribution in [2.45, 2.75) is 26.3 Å². The Morgan fingerprint density at radius 1 is 1.25 bits per heavy atom. The first-order valence-electron chi connectivity index (χ1n) is 8.27. The van der Waals surface area contributed by atoms with E-state index in [1.54, 1.807) is 0 Å². The molecule has 0 unspecified atom stereocenters. The van der Waals surface area contributed by atoms with E-state index in [2.05, 4.69) is 6.92 Å². The molecule has 6 nitrogen and oxygen atoms in total. The molecule has 2 rings (SSSR count). The van der Waals surface area contributed by atoms with Crippen molar-refractivity contribution in [3.8, 4) is 0 Å². The number of carbonyl (C=O) groups is 2. The van der Waals surface area contributed by atoms with Crippen molar-refractivity contribution in [3.63, 3.8) is 0 Å². The second-order valence-electron chi connectivity index (χ2n) is 5.90. The summed E-state index contributed by atoms with van der Waals surface area (Å²) in [6.45, 7) is 5.03. The molecule has 130 valence electrons. The Bertz CT molecular complexity index is 637. The van der Waals surface area contributed by atoms with Crippen molar-refractivity contribution in [1.82, 2.24) is 4.90 Å². The predicted molar refractivity (Wildman–Crippen MR) is 89.4 cm³/mol. The van der Waals surface area contributed by atoms with Gasteiger partial charge in [0.05, 0.1) is 37.9 Å². The second-order valence-corrected chi connectivity index (χ2v) is 5.90. The van der Waals surface area contributed by atoms with Gasteiger partial charge < -0.3 is 20.4 Å². The van der Waals surface area contributed by atoms with Crippen LogP contribution in [0.4, 0.5) is 0 Å². The topological polar surface area (TPSA) is 94.5 Å². The Morgan fingerprint density at radius 3 is 2.46 bits per heavy atom. The van der Waals surface area contributed by atoms with Gasteiger partial charge in [-0.1, -0.05) is 31.2 Å². The van der Waals surface area contributed by atoms with Crippen LogP contribution in [-0.2, 0) is 16.0 Å². The lowest BCUT2D eigenvalue weighted by atomic mass is 9.95. The van der Waals surface area contributed by atoms with Crippen LogP contribution in [0.25, 0.3) is 0 Å². The largest absolute Gasteiger partial charge is 0.503 e. The first kappa shape index (κ1) is 18.2. The van der Waals surface area contributed by atoms with Gasteiger partial charge in [0.25, 0.3) is 5.91 Å². The minimum absolute atomic E-state index is 0.0675. The number of benzene rings is 1. The number of hydrogen-bond donors (Lipinski definition) is 3. The number of hydrogen-bond acceptors (Lipinski definition) is 4. The molecule has 1 aliphatic rings. The van der Waals surface area contributed by atoms with Gasteiger partial charge in [0, 0.05) is 0 Å². The SMILES string of the molecule is CCc1ccc([C@@H]2C(C(C)=O)=C(O)C(=O)N2CC[NH2+]CCO)cc1. The number of aliphatic hydroxyl groups excluding tert-OH is 2. The van der Waals surface area contributed by atoms with Gasteiger partial charge in [-0.25, -0.2) is 0 Å². The van der Waals surface area contributed by atoms with Gasteiger partial charge in [-0.15, -0.1) is 0 Å². The highest BCUT2D eigenvalue weighted by molar-refractivity contribution is 6.08. The zero-order valence-corrected chi connectivity index (χ0v) is 14.2. The van der Waals surface area contributed by atoms with E-state index < -0.39 is 17.7 Å². The lowest BCUT2D eigenvalue weighted by Crippen LogP contribution is -2.86. The van der Waals surface area contributed by atoms with Crippen LogP contribution in [0, 0.1) is 0 Å². The first-order chi connectivity index (χ1) is 11.5. The number of quaternary nitrogens is 1. The predicted octanol–water partition coefficient (Wildman–Crippen LogP) is 0.0891. The van der Waals surface area contributed by atoms with E-state index in [0.29, 0.717) is 19.6 Å². The minimum atomic E-state index is -0.552. The summed E-state index contributed by atoms with van der Waals surface area (Å²) in [5.74, 6) is -1.26. The fourth-order valence-electron chi connectivity index (χ4n) is 2.99. The Kier molecular flexibility index (Phi) is 6.11. The van der Waals surface area contributed by atoms with Gasteiger partial charge in [-0.3, -0.25) is 9.59 Å². The van der Waals surface area contributed by atoms with Gasteiger partial charge in [0.15, 0.2) is 11.5 Å². The zero-order chi connectivity index (χ0) is 17.7. The van der Waals surface area contributed by atoms with Crippen molar-refractivity contribution < 1.29 is 25.1 Å². The van der Waals surface area contributed by atoms with Crippen LogP contribution in [0.5, 0.6) is 0 Å². The normalized spacial score (nSPS) is 17.7. The van der Waals surface area contributed by atoms with E-state index in [0.717, 1.165) is 12.0 Å². The summed E-state index contributed by atoms with van der Waals surface area (Å²) in [4.78, 5) is 25.9. The van der Waals surface area contributed by atoms with Crippen molar-refractivity contribution in [2.24, 2.45) is 0 Å². The number of Topliss-reactive ketones (excluding diaryl/α,β-unsaturated/α-hetero) is 1. The Labute approximate surface area is 141 Å². The lowest BCUT2D eigenvalue weighted by Gasteiger charge is -2.26. The van der Waals surface area contributed by atoms with Crippen LogP contribution in [0.2, 0.25) is 0 Å². The molecule has 0 fully saturated rings. The molecular formula is C18H25N2O4+. The Morgan fingerprint density at radius 2 is 1.92 bits per heavy atom. The van der Waals surface area contributed by atoms with E-state index in [9.17, 15) is 14.7 Å². The van der Waals surface area contributed by atoms with Crippen LogP contribution >= 0.6 is 0 Å². The molecule has 1 aliphatic heterocycles. The molecule has 0 aliphatic carbocycles. The molecule has 0 aromatic heterocycles. The summed E-state index contributed by atoms with van der Waals surface area (Å²) in [6.07, 6.45) is 0.907. The average Bonchev–Trinajstić information content (AvgIpc) is 2.83. The molecule has 6 heteroatoms. The number of carbonyl (C=O) groups excluding carboxylic acids is 2. The second kappa shape index (κ2) is 8.08. The van der Waals surface area contributed by atoms with Crippen molar-refractivity contribution in [2.75, 3.05) is 26.2 Å². The van der Waals surface area contributed by atoms with E-state index in [1.165, 1.54) is 17.4 Å². The van der Waals surface area contributed by atoms with Crippen LogP contribution in [-0.4, -0.2) is 53.0 Å². The number of amides is 1. The van der Waals surface area contributed by atoms with E-state index in [4.69, 9.17) is 5.11 Å². The summed E-state index contributed by atoms with van der Waals surface area (Å²) in [7, 11) is 0. The first-order valence-corrected chi connectivity index (χ1v) is 8.27. The molecule has 0 saturated heterocycles. The molecule has 0 bridgehead atoms. The van der Waals surface area contributed by atoms with Crippen LogP contribution in [0.3, 0.4) is 0 Å². The van der Waals surface area contributed by atoms with E-state index >= 15 is 0 Å². The number of nitrogens with zero attached hydrogens (tertiary/aromatic N) is 1. The third-order valence-corrected chi connectivity index (χ3v) is 4.29. The maximum atomic E-state index is 12.4. The number of nitrogens with two attached hydrogens (primary N) is 1. The van der Waals surface area contributed by atoms with Gasteiger partial charge in [-0.2, -0.15) is 0 Å². The monoisotopic (exact) mass is 333 g/mol. The third kappa shape index (κ3) is 3.66. The van der Waals surface area contributed by atoms with Gasteiger partial charge in [0.1, 0.15) is 0 Å². The average molecular weight is 333 g/mol. The highest BCUT2D eigenvalue weighted by Crippen LogP contribution is 2.37. The fraction of sp³-hybridized carbons (Fsp3) is 0.444. The third-order valence-electron chi connectivity index (χ3n) is 4.29. The number of aryl methyl sites for hydroxylation is 1. The summed E-state index contributed by atoms with van der Waals surface area (Å²) < 4.78 is 0. The lowest BCUT2D eigenvalue weighted by molar-refractivity contribution is -0.655. The van der Waals surface area contributed by atoms with Gasteiger partial charge in [0.2, 0.25) is 0 Å².